The highest BCUT2D eigenvalue weighted by molar-refractivity contribution is 7.22. The van der Waals surface area contributed by atoms with Crippen molar-refractivity contribution in [3.8, 4) is 11.1 Å². The third-order valence-corrected chi connectivity index (χ3v) is 13.7. The number of thiazole rings is 1. The molecule has 1 saturated heterocycles. The van der Waals surface area contributed by atoms with Crippen LogP contribution in [-0.4, -0.2) is 98.0 Å². The first kappa shape index (κ1) is 37.1. The summed E-state index contributed by atoms with van der Waals surface area (Å²) in [6, 6.07) is 13.6. The van der Waals surface area contributed by atoms with Gasteiger partial charge in [-0.3, -0.25) is 9.58 Å². The van der Waals surface area contributed by atoms with E-state index in [1.807, 2.05) is 62.6 Å². The first-order valence-corrected chi connectivity index (χ1v) is 20.6. The molecule has 56 heavy (non-hydrogen) atoms. The second-order valence-corrected chi connectivity index (χ2v) is 18.8. The lowest BCUT2D eigenvalue weighted by Gasteiger charge is -2.69. The highest BCUT2D eigenvalue weighted by Crippen LogP contribution is 2.72. The SMILES string of the molecule is Cc1cc(N(C)c2ccc(-c3cnn(CC45CC6(C)CC(C)(C4)CC(OCCN4CCOCC4)(C6)C5)c3C)c(C(=O)O)n2)nnc1Nc1nc2ccccc2s1. The smallest absolute Gasteiger partial charge is 0.355 e. The maximum atomic E-state index is 12.8. The molecule has 0 spiro atoms. The molecule has 1 aromatic carbocycles. The lowest BCUT2D eigenvalue weighted by Crippen LogP contribution is -2.64. The minimum absolute atomic E-state index is 0.0294. The largest absolute Gasteiger partial charge is 0.476 e. The Morgan fingerprint density at radius 3 is 2.46 bits per heavy atom. The van der Waals surface area contributed by atoms with Crippen LogP contribution in [0.4, 0.5) is 22.6 Å². The normalized spacial score (nSPS) is 27.2. The van der Waals surface area contributed by atoms with Gasteiger partial charge in [0.2, 0.25) is 0 Å². The number of nitrogens with zero attached hydrogens (tertiary/aromatic N) is 8. The molecule has 5 aromatic rings. The van der Waals surface area contributed by atoms with Crippen LogP contribution in [0.3, 0.4) is 0 Å². The van der Waals surface area contributed by atoms with E-state index in [4.69, 9.17) is 14.6 Å². The van der Waals surface area contributed by atoms with Gasteiger partial charge >= 0.3 is 5.97 Å². The third kappa shape index (κ3) is 6.94. The molecule has 294 valence electrons. The van der Waals surface area contributed by atoms with Crippen molar-refractivity contribution < 1.29 is 19.4 Å². The quantitative estimate of drug-likeness (QED) is 0.129. The van der Waals surface area contributed by atoms with Crippen LogP contribution in [0.15, 0.2) is 48.7 Å². The van der Waals surface area contributed by atoms with Gasteiger partial charge in [0.05, 0.1) is 41.8 Å². The lowest BCUT2D eigenvalue weighted by molar-refractivity contribution is -0.249. The fourth-order valence-electron chi connectivity index (χ4n) is 11.5. The van der Waals surface area contributed by atoms with Crippen molar-refractivity contribution in [2.45, 2.75) is 78.4 Å². The molecule has 13 nitrogen and oxygen atoms in total. The van der Waals surface area contributed by atoms with Gasteiger partial charge in [-0.05, 0) is 105 Å². The van der Waals surface area contributed by atoms with Gasteiger partial charge in [-0.25, -0.2) is 14.8 Å². The van der Waals surface area contributed by atoms with E-state index in [1.165, 1.54) is 6.42 Å². The number of carbonyl (C=O) groups is 1. The molecule has 0 radical (unpaired) electrons. The zero-order valence-corrected chi connectivity index (χ0v) is 33.8. The summed E-state index contributed by atoms with van der Waals surface area (Å²) < 4.78 is 15.8. The number of aromatic nitrogens is 6. The molecular weight excluding hydrogens is 727 g/mol. The number of ether oxygens (including phenoxy) is 2. The minimum Gasteiger partial charge on any atom is -0.476 e. The Labute approximate surface area is 331 Å². The average Bonchev–Trinajstić information content (AvgIpc) is 3.72. The molecule has 5 fully saturated rings. The number of aryl methyl sites for hydroxylation is 1. The summed E-state index contributed by atoms with van der Waals surface area (Å²) in [5.74, 6) is 0.495. The number of hydrogen-bond donors (Lipinski definition) is 2. The molecule has 4 saturated carbocycles. The average molecular weight is 778 g/mol. The number of benzene rings is 1. The minimum atomic E-state index is -1.10. The highest BCUT2D eigenvalue weighted by Gasteiger charge is 2.66. The number of carboxylic acid groups (broad SMARTS) is 1. The number of rotatable bonds is 12. The van der Waals surface area contributed by atoms with Crippen LogP contribution in [0.25, 0.3) is 21.3 Å². The Hall–Kier alpha value is -4.50. The van der Waals surface area contributed by atoms with Gasteiger partial charge in [0.25, 0.3) is 0 Å². The first-order chi connectivity index (χ1) is 26.8. The van der Waals surface area contributed by atoms with Crippen LogP contribution in [0.2, 0.25) is 0 Å². The van der Waals surface area contributed by atoms with Crippen molar-refractivity contribution in [3.05, 3.63) is 65.6 Å². The fraction of sp³-hybridized carbons (Fsp3) is 0.524. The summed E-state index contributed by atoms with van der Waals surface area (Å²) in [5, 5.41) is 28.3. The topological polar surface area (TPSA) is 144 Å². The van der Waals surface area contributed by atoms with E-state index in [9.17, 15) is 9.90 Å². The summed E-state index contributed by atoms with van der Waals surface area (Å²) in [4.78, 5) is 26.3. The second kappa shape index (κ2) is 13.9. The number of aromatic carboxylic acids is 1. The highest BCUT2D eigenvalue weighted by atomic mass is 32.1. The number of carboxylic acids is 1. The fourth-order valence-corrected chi connectivity index (χ4v) is 12.3. The van der Waals surface area contributed by atoms with Crippen LogP contribution in [0.5, 0.6) is 0 Å². The molecule has 1 aliphatic heterocycles. The second-order valence-electron chi connectivity index (χ2n) is 17.7. The van der Waals surface area contributed by atoms with Crippen LogP contribution in [0, 0.1) is 30.1 Å². The van der Waals surface area contributed by atoms with E-state index in [0.29, 0.717) is 23.0 Å². The van der Waals surface area contributed by atoms with Gasteiger partial charge in [-0.1, -0.05) is 37.3 Å². The van der Waals surface area contributed by atoms with E-state index in [1.54, 1.807) is 16.2 Å². The zero-order valence-electron chi connectivity index (χ0n) is 33.0. The molecule has 2 unspecified atom stereocenters. The number of para-hydroxylation sites is 1. The monoisotopic (exact) mass is 777 g/mol. The van der Waals surface area contributed by atoms with Crippen LogP contribution >= 0.6 is 11.3 Å². The number of anilines is 4. The van der Waals surface area contributed by atoms with Crippen molar-refractivity contribution in [1.29, 1.82) is 0 Å². The predicted octanol–water partition coefficient (Wildman–Crippen LogP) is 7.64. The summed E-state index contributed by atoms with van der Waals surface area (Å²) in [7, 11) is 1.81. The molecule has 4 aliphatic carbocycles. The van der Waals surface area contributed by atoms with Gasteiger partial charge < -0.3 is 24.8 Å². The van der Waals surface area contributed by atoms with E-state index in [0.717, 1.165) is 110 Å². The number of nitrogens with one attached hydrogen (secondary N) is 1. The van der Waals surface area contributed by atoms with E-state index < -0.39 is 5.97 Å². The van der Waals surface area contributed by atoms with Gasteiger partial charge in [0.15, 0.2) is 22.5 Å². The van der Waals surface area contributed by atoms with Gasteiger partial charge in [0, 0.05) is 50.0 Å². The van der Waals surface area contributed by atoms with Crippen molar-refractivity contribution >= 4 is 50.1 Å². The van der Waals surface area contributed by atoms with Crippen molar-refractivity contribution in [1.82, 2.24) is 34.8 Å². The molecule has 10 rings (SSSR count). The summed E-state index contributed by atoms with van der Waals surface area (Å²) in [6.45, 7) is 15.0. The number of morpholine rings is 1. The Balaban J connectivity index is 0.933. The lowest BCUT2D eigenvalue weighted by atomic mass is 9.39. The molecule has 4 bridgehead atoms. The standard InChI is InChI=1S/C42H51N9O4S/c1-27-18-34(47-48-36(27)46-38-44-31-8-6-7-9-32(31)56-38)49(5)33-11-10-29(35(45-33)37(52)53)30-19-43-51(28(30)2)26-41-21-39(3)20-40(4,22-41)24-42(23-39,25-41)55-17-14-50-12-15-54-16-13-50/h6-11,18-19H,12-17,20-26H2,1-5H3,(H,52,53)(H,44,46,48). The predicted molar refractivity (Wildman–Crippen MR) is 217 cm³/mol. The Morgan fingerprint density at radius 2 is 1.73 bits per heavy atom. The molecule has 0 amide bonds. The summed E-state index contributed by atoms with van der Waals surface area (Å²) in [6.07, 6.45) is 8.64. The van der Waals surface area contributed by atoms with Gasteiger partial charge in [-0.15, -0.1) is 10.2 Å². The van der Waals surface area contributed by atoms with Crippen LogP contribution in [-0.2, 0) is 16.0 Å². The van der Waals surface area contributed by atoms with Crippen molar-refractivity contribution in [2.75, 3.05) is 56.7 Å². The van der Waals surface area contributed by atoms with Crippen molar-refractivity contribution in [3.63, 3.8) is 0 Å². The van der Waals surface area contributed by atoms with Crippen LogP contribution in [0.1, 0.15) is 74.1 Å². The Bertz CT molecular complexity index is 2250. The summed E-state index contributed by atoms with van der Waals surface area (Å²) >= 11 is 1.55. The zero-order chi connectivity index (χ0) is 38.9. The van der Waals surface area contributed by atoms with Crippen molar-refractivity contribution in [2.24, 2.45) is 16.2 Å². The number of fused-ring (bicyclic) bond motifs is 1. The molecule has 5 aliphatic rings. The van der Waals surface area contributed by atoms with E-state index in [-0.39, 0.29) is 27.5 Å². The third-order valence-electron chi connectivity index (χ3n) is 12.7. The first-order valence-electron chi connectivity index (χ1n) is 19.7. The van der Waals surface area contributed by atoms with E-state index >= 15 is 0 Å². The molecule has 2 N–H and O–H groups in total. The van der Waals surface area contributed by atoms with E-state index in [2.05, 4.69) is 55.8 Å². The number of pyridine rings is 1. The van der Waals surface area contributed by atoms with Crippen LogP contribution < -0.4 is 10.2 Å². The molecule has 14 heteroatoms. The number of hydrogen-bond acceptors (Lipinski definition) is 12. The maximum Gasteiger partial charge on any atom is 0.355 e. The Morgan fingerprint density at radius 1 is 0.964 bits per heavy atom. The maximum absolute atomic E-state index is 12.8. The Kier molecular flexibility index (Phi) is 9.18. The molecule has 2 atom stereocenters. The summed E-state index contributed by atoms with van der Waals surface area (Å²) in [5.41, 5.74) is 4.43. The molecule has 4 aromatic heterocycles. The van der Waals surface area contributed by atoms with Gasteiger partial charge in [-0.2, -0.15) is 5.10 Å². The molecule has 5 heterocycles. The molecular formula is C42H51N9O4S. The van der Waals surface area contributed by atoms with Gasteiger partial charge in [0.1, 0.15) is 5.82 Å².